The Balaban J connectivity index is 0.00000196. The smallest absolute Gasteiger partial charge is 0.142 e. The van der Waals surface area contributed by atoms with E-state index in [1.165, 1.54) is 0 Å². The van der Waals surface area contributed by atoms with Crippen molar-refractivity contribution in [1.82, 2.24) is 4.98 Å². The minimum absolute atomic E-state index is 0. The van der Waals surface area contributed by atoms with Gasteiger partial charge in [-0.15, -0.1) is 12.4 Å². The van der Waals surface area contributed by atoms with Crippen LogP contribution in [0.3, 0.4) is 0 Å². The van der Waals surface area contributed by atoms with Crippen LogP contribution in [-0.2, 0) is 22.7 Å². The minimum Gasteiger partial charge on any atom is -0.506 e. The van der Waals surface area contributed by atoms with Crippen molar-refractivity contribution in [3.63, 3.8) is 0 Å². The third kappa shape index (κ3) is 3.34. The van der Waals surface area contributed by atoms with Crippen LogP contribution in [0, 0.1) is 6.92 Å². The zero-order chi connectivity index (χ0) is 10.6. The third-order valence-corrected chi connectivity index (χ3v) is 2.02. The van der Waals surface area contributed by atoms with Crippen molar-refractivity contribution in [1.29, 1.82) is 0 Å². The summed E-state index contributed by atoms with van der Waals surface area (Å²) < 4.78 is 10.0. The van der Waals surface area contributed by atoms with Gasteiger partial charge in [-0.2, -0.15) is 0 Å². The van der Waals surface area contributed by atoms with E-state index in [1.54, 1.807) is 27.3 Å². The Morgan fingerprint density at radius 2 is 1.87 bits per heavy atom. The molecule has 0 aliphatic rings. The SMILES string of the molecule is COCc1cnc(C)c(O)c1COC.Cl. The van der Waals surface area contributed by atoms with Crippen LogP contribution in [0.4, 0.5) is 0 Å². The van der Waals surface area contributed by atoms with E-state index in [2.05, 4.69) is 4.98 Å². The van der Waals surface area contributed by atoms with Crippen LogP contribution < -0.4 is 0 Å². The van der Waals surface area contributed by atoms with E-state index in [9.17, 15) is 5.11 Å². The summed E-state index contributed by atoms with van der Waals surface area (Å²) >= 11 is 0. The van der Waals surface area contributed by atoms with Gasteiger partial charge in [0, 0.05) is 31.5 Å². The average Bonchev–Trinajstić information content (AvgIpc) is 2.18. The highest BCUT2D eigenvalue weighted by Crippen LogP contribution is 2.24. The monoisotopic (exact) mass is 233 g/mol. The van der Waals surface area contributed by atoms with Crippen molar-refractivity contribution in [2.24, 2.45) is 0 Å². The molecule has 0 saturated heterocycles. The highest BCUT2D eigenvalue weighted by molar-refractivity contribution is 5.85. The van der Waals surface area contributed by atoms with Crippen molar-refractivity contribution >= 4 is 12.4 Å². The number of aryl methyl sites for hydroxylation is 1. The molecule has 0 unspecified atom stereocenters. The van der Waals surface area contributed by atoms with Crippen LogP contribution in [-0.4, -0.2) is 24.3 Å². The molecule has 0 bridgehead atoms. The van der Waals surface area contributed by atoms with Crippen molar-refractivity contribution in [3.05, 3.63) is 23.0 Å². The van der Waals surface area contributed by atoms with Gasteiger partial charge in [-0.1, -0.05) is 0 Å². The van der Waals surface area contributed by atoms with Gasteiger partial charge < -0.3 is 14.6 Å². The Labute approximate surface area is 95.7 Å². The average molecular weight is 234 g/mol. The molecule has 86 valence electrons. The third-order valence-electron chi connectivity index (χ3n) is 2.02. The van der Waals surface area contributed by atoms with Gasteiger partial charge in [0.15, 0.2) is 0 Å². The van der Waals surface area contributed by atoms with E-state index < -0.39 is 0 Å². The summed E-state index contributed by atoms with van der Waals surface area (Å²) in [6.07, 6.45) is 1.70. The van der Waals surface area contributed by atoms with E-state index in [0.29, 0.717) is 18.9 Å². The Morgan fingerprint density at radius 1 is 1.27 bits per heavy atom. The molecule has 1 aromatic rings. The van der Waals surface area contributed by atoms with Gasteiger partial charge in [0.05, 0.1) is 18.9 Å². The maximum absolute atomic E-state index is 9.74. The fraction of sp³-hybridized carbons (Fsp3) is 0.500. The Hall–Kier alpha value is -0.840. The zero-order valence-corrected chi connectivity index (χ0v) is 9.93. The predicted octanol–water partition coefficient (Wildman–Crippen LogP) is 1.81. The highest BCUT2D eigenvalue weighted by Gasteiger charge is 2.10. The Morgan fingerprint density at radius 3 is 2.40 bits per heavy atom. The summed E-state index contributed by atoms with van der Waals surface area (Å²) in [5.74, 6) is 0.196. The molecule has 0 aromatic carbocycles. The number of halogens is 1. The number of aromatic nitrogens is 1. The molecule has 1 N–H and O–H groups in total. The lowest BCUT2D eigenvalue weighted by Crippen LogP contribution is -2.01. The van der Waals surface area contributed by atoms with Crippen molar-refractivity contribution in [2.45, 2.75) is 20.1 Å². The van der Waals surface area contributed by atoms with Gasteiger partial charge in [0.2, 0.25) is 0 Å². The lowest BCUT2D eigenvalue weighted by Gasteiger charge is -2.11. The molecule has 1 aromatic heterocycles. The maximum atomic E-state index is 9.74. The van der Waals surface area contributed by atoms with Crippen LogP contribution in [0.5, 0.6) is 5.75 Å². The fourth-order valence-corrected chi connectivity index (χ4v) is 1.27. The molecule has 0 spiro atoms. The van der Waals surface area contributed by atoms with Gasteiger partial charge in [0.1, 0.15) is 5.75 Å². The van der Waals surface area contributed by atoms with Gasteiger partial charge in [-0.25, -0.2) is 0 Å². The molecule has 0 radical (unpaired) electrons. The number of nitrogens with zero attached hydrogens (tertiary/aromatic N) is 1. The number of aromatic hydroxyl groups is 1. The topological polar surface area (TPSA) is 51.6 Å². The van der Waals surface area contributed by atoms with Crippen LogP contribution in [0.15, 0.2) is 6.20 Å². The molecular weight excluding hydrogens is 218 g/mol. The molecular formula is C10H16ClNO3. The van der Waals surface area contributed by atoms with E-state index in [0.717, 1.165) is 11.1 Å². The number of hydrogen-bond donors (Lipinski definition) is 1. The fourth-order valence-electron chi connectivity index (χ4n) is 1.27. The maximum Gasteiger partial charge on any atom is 0.142 e. The molecule has 0 fully saturated rings. The zero-order valence-electron chi connectivity index (χ0n) is 9.11. The van der Waals surface area contributed by atoms with Crippen molar-refractivity contribution in [2.75, 3.05) is 14.2 Å². The number of ether oxygens (including phenoxy) is 2. The van der Waals surface area contributed by atoms with Crippen LogP contribution >= 0.6 is 12.4 Å². The van der Waals surface area contributed by atoms with Gasteiger partial charge >= 0.3 is 0 Å². The van der Waals surface area contributed by atoms with Crippen molar-refractivity contribution in [3.8, 4) is 5.75 Å². The number of pyridine rings is 1. The van der Waals surface area contributed by atoms with Gasteiger partial charge in [-0.3, -0.25) is 4.98 Å². The molecule has 15 heavy (non-hydrogen) atoms. The van der Waals surface area contributed by atoms with E-state index >= 15 is 0 Å². The Bertz CT molecular complexity index is 318. The lowest BCUT2D eigenvalue weighted by molar-refractivity contribution is 0.165. The standard InChI is InChI=1S/C10H15NO3.ClH/c1-7-10(12)9(6-14-3)8(4-11-7)5-13-2;/h4,12H,5-6H2,1-3H3;1H. The Kier molecular flexibility index (Phi) is 6.24. The molecule has 0 saturated carbocycles. The first-order valence-electron chi connectivity index (χ1n) is 4.35. The van der Waals surface area contributed by atoms with Crippen LogP contribution in [0.25, 0.3) is 0 Å². The summed E-state index contributed by atoms with van der Waals surface area (Å²) in [7, 11) is 3.19. The molecule has 0 aliphatic carbocycles. The highest BCUT2D eigenvalue weighted by atomic mass is 35.5. The second-order valence-electron chi connectivity index (χ2n) is 3.06. The number of rotatable bonds is 4. The summed E-state index contributed by atoms with van der Waals surface area (Å²) in [5.41, 5.74) is 2.22. The molecule has 4 nitrogen and oxygen atoms in total. The van der Waals surface area contributed by atoms with E-state index in [1.807, 2.05) is 0 Å². The molecule has 0 aliphatic heterocycles. The van der Waals surface area contributed by atoms with E-state index in [-0.39, 0.29) is 18.2 Å². The second-order valence-corrected chi connectivity index (χ2v) is 3.06. The van der Waals surface area contributed by atoms with Crippen LogP contribution in [0.1, 0.15) is 16.8 Å². The first kappa shape index (κ1) is 14.2. The quantitative estimate of drug-likeness (QED) is 0.862. The second kappa shape index (κ2) is 6.61. The number of methoxy groups -OCH3 is 2. The molecule has 5 heteroatoms. The normalized spacial score (nSPS) is 9.80. The van der Waals surface area contributed by atoms with E-state index in [4.69, 9.17) is 9.47 Å². The van der Waals surface area contributed by atoms with Crippen molar-refractivity contribution < 1.29 is 14.6 Å². The lowest BCUT2D eigenvalue weighted by atomic mass is 10.1. The molecule has 1 heterocycles. The van der Waals surface area contributed by atoms with Crippen LogP contribution in [0.2, 0.25) is 0 Å². The first-order valence-corrected chi connectivity index (χ1v) is 4.35. The number of hydrogen-bond acceptors (Lipinski definition) is 4. The largest absolute Gasteiger partial charge is 0.506 e. The summed E-state index contributed by atoms with van der Waals surface area (Å²) in [4.78, 5) is 4.05. The minimum atomic E-state index is 0. The molecule has 0 atom stereocenters. The predicted molar refractivity (Wildman–Crippen MR) is 59.3 cm³/mol. The van der Waals surface area contributed by atoms with Gasteiger partial charge in [0.25, 0.3) is 0 Å². The van der Waals surface area contributed by atoms with Gasteiger partial charge in [-0.05, 0) is 6.92 Å². The summed E-state index contributed by atoms with van der Waals surface area (Å²) in [6, 6.07) is 0. The molecule has 0 amide bonds. The summed E-state index contributed by atoms with van der Waals surface area (Å²) in [6.45, 7) is 2.55. The summed E-state index contributed by atoms with van der Waals surface area (Å²) in [5, 5.41) is 9.74. The first-order chi connectivity index (χ1) is 6.70. The molecule has 1 rings (SSSR count).